The van der Waals surface area contributed by atoms with Gasteiger partial charge < -0.3 is 9.74 Å². The van der Waals surface area contributed by atoms with Crippen molar-refractivity contribution in [3.05, 3.63) is 64.7 Å². The SMILES string of the molecule is O=C1C(=NOC(=O)C(Cl)(Cl)Cl)c2ccccc2N1Cc1ccc(Cl)cc1. The fraction of sp³-hybridized carbons (Fsp3) is 0.118. The molecule has 1 amide bonds. The summed E-state index contributed by atoms with van der Waals surface area (Å²) in [5.74, 6) is -1.63. The Morgan fingerprint density at radius 3 is 2.38 bits per heavy atom. The van der Waals surface area contributed by atoms with Crippen molar-refractivity contribution < 1.29 is 14.4 Å². The van der Waals surface area contributed by atoms with Gasteiger partial charge in [-0.3, -0.25) is 4.79 Å². The normalized spacial score (nSPS) is 15.3. The lowest BCUT2D eigenvalue weighted by Crippen LogP contribution is -2.30. The summed E-state index contributed by atoms with van der Waals surface area (Å²) in [5.41, 5.74) is 1.98. The number of carbonyl (C=O) groups excluding carboxylic acids is 2. The smallest absolute Gasteiger partial charge is 0.313 e. The summed E-state index contributed by atoms with van der Waals surface area (Å²) in [6.07, 6.45) is 0. The van der Waals surface area contributed by atoms with Crippen LogP contribution in [0.1, 0.15) is 11.1 Å². The molecule has 2 aromatic carbocycles. The van der Waals surface area contributed by atoms with Crippen LogP contribution in [-0.2, 0) is 21.0 Å². The first kappa shape index (κ1) is 19.0. The van der Waals surface area contributed by atoms with Crippen LogP contribution in [0.3, 0.4) is 0 Å². The van der Waals surface area contributed by atoms with E-state index < -0.39 is 15.7 Å². The van der Waals surface area contributed by atoms with E-state index in [9.17, 15) is 9.59 Å². The summed E-state index contributed by atoms with van der Waals surface area (Å²) >= 11 is 22.2. The largest absolute Gasteiger partial charge is 0.386 e. The number of benzene rings is 2. The fourth-order valence-electron chi connectivity index (χ4n) is 2.42. The van der Waals surface area contributed by atoms with E-state index in [1.54, 1.807) is 36.4 Å². The van der Waals surface area contributed by atoms with E-state index in [1.165, 1.54) is 4.90 Å². The molecule has 1 aliphatic heterocycles. The van der Waals surface area contributed by atoms with Crippen molar-refractivity contribution in [1.29, 1.82) is 0 Å². The van der Waals surface area contributed by atoms with Gasteiger partial charge >= 0.3 is 5.97 Å². The van der Waals surface area contributed by atoms with Crippen molar-refractivity contribution >= 4 is 69.7 Å². The third kappa shape index (κ3) is 3.96. The molecule has 0 bridgehead atoms. The summed E-state index contributed by atoms with van der Waals surface area (Å²) in [4.78, 5) is 30.5. The van der Waals surface area contributed by atoms with E-state index >= 15 is 0 Å². The highest BCUT2D eigenvalue weighted by molar-refractivity contribution is 6.75. The van der Waals surface area contributed by atoms with E-state index in [0.717, 1.165) is 5.56 Å². The number of hydrogen-bond donors (Lipinski definition) is 0. The van der Waals surface area contributed by atoms with Gasteiger partial charge in [0.2, 0.25) is 0 Å². The van der Waals surface area contributed by atoms with Crippen LogP contribution < -0.4 is 4.90 Å². The quantitative estimate of drug-likeness (QED) is 0.408. The predicted octanol–water partition coefficient (Wildman–Crippen LogP) is 4.50. The van der Waals surface area contributed by atoms with Gasteiger partial charge in [0.1, 0.15) is 0 Å². The summed E-state index contributed by atoms with van der Waals surface area (Å²) in [6.45, 7) is 0.296. The van der Waals surface area contributed by atoms with Crippen molar-refractivity contribution in [3.63, 3.8) is 0 Å². The topological polar surface area (TPSA) is 59.0 Å². The Hall–Kier alpha value is -1.79. The zero-order valence-electron chi connectivity index (χ0n) is 13.0. The number of rotatable bonds is 3. The lowest BCUT2D eigenvalue weighted by Gasteiger charge is -2.16. The molecular formula is C17H10Cl4N2O3. The number of fused-ring (bicyclic) bond motifs is 1. The van der Waals surface area contributed by atoms with Gasteiger partial charge in [-0.1, -0.05) is 81.9 Å². The standard InChI is InChI=1S/C17H10Cl4N2O3/c18-11-7-5-10(6-8-11)9-23-13-4-2-1-3-12(13)14(15(23)24)22-26-16(25)17(19,20)21/h1-8H,9H2. The van der Waals surface area contributed by atoms with Gasteiger partial charge in [-0.25, -0.2) is 4.79 Å². The highest BCUT2D eigenvalue weighted by atomic mass is 35.6. The number of alkyl halides is 3. The number of nitrogens with zero attached hydrogens (tertiary/aromatic N) is 2. The number of para-hydroxylation sites is 1. The van der Waals surface area contributed by atoms with Crippen LogP contribution in [-0.4, -0.2) is 21.4 Å². The van der Waals surface area contributed by atoms with E-state index in [2.05, 4.69) is 9.99 Å². The molecule has 0 radical (unpaired) electrons. The lowest BCUT2D eigenvalue weighted by atomic mass is 10.1. The second kappa shape index (κ2) is 7.45. The average molecular weight is 432 g/mol. The van der Waals surface area contributed by atoms with Gasteiger partial charge in [0.05, 0.1) is 12.2 Å². The maximum absolute atomic E-state index is 12.8. The molecule has 9 heteroatoms. The van der Waals surface area contributed by atoms with Crippen molar-refractivity contribution in [3.8, 4) is 0 Å². The minimum atomic E-state index is -2.28. The lowest BCUT2D eigenvalue weighted by molar-refractivity contribution is -0.142. The average Bonchev–Trinajstić information content (AvgIpc) is 2.86. The minimum Gasteiger partial charge on any atom is -0.313 e. The van der Waals surface area contributed by atoms with Crippen LogP contribution in [0.15, 0.2) is 53.7 Å². The maximum Gasteiger partial charge on any atom is 0.386 e. The van der Waals surface area contributed by atoms with Gasteiger partial charge in [-0.2, -0.15) is 0 Å². The van der Waals surface area contributed by atoms with E-state index in [0.29, 0.717) is 22.8 Å². The highest BCUT2D eigenvalue weighted by Gasteiger charge is 2.37. The zero-order chi connectivity index (χ0) is 18.9. The third-order valence-electron chi connectivity index (χ3n) is 3.60. The summed E-state index contributed by atoms with van der Waals surface area (Å²) in [6, 6.07) is 14.1. The molecule has 0 aromatic heterocycles. The van der Waals surface area contributed by atoms with Crippen LogP contribution in [0, 0.1) is 0 Å². The second-order valence-corrected chi connectivity index (χ2v) is 8.07. The second-order valence-electron chi connectivity index (χ2n) is 5.35. The monoisotopic (exact) mass is 430 g/mol. The van der Waals surface area contributed by atoms with E-state index in [4.69, 9.17) is 46.4 Å². The number of anilines is 1. The molecule has 0 atom stereocenters. The molecule has 1 heterocycles. The Morgan fingerprint density at radius 2 is 1.73 bits per heavy atom. The van der Waals surface area contributed by atoms with Crippen molar-refractivity contribution in [2.45, 2.75) is 10.3 Å². The fourth-order valence-corrected chi connectivity index (χ4v) is 2.65. The van der Waals surface area contributed by atoms with Crippen LogP contribution in [0.5, 0.6) is 0 Å². The molecule has 2 aromatic rings. The molecule has 0 unspecified atom stereocenters. The number of amides is 1. The molecule has 0 N–H and O–H groups in total. The van der Waals surface area contributed by atoms with Crippen molar-refractivity contribution in [2.24, 2.45) is 5.16 Å². The molecule has 0 fully saturated rings. The van der Waals surface area contributed by atoms with E-state index in [-0.39, 0.29) is 5.71 Å². The first-order valence-electron chi connectivity index (χ1n) is 7.29. The Labute approximate surface area is 169 Å². The Balaban J connectivity index is 1.90. The molecule has 26 heavy (non-hydrogen) atoms. The predicted molar refractivity (Wildman–Crippen MR) is 102 cm³/mol. The van der Waals surface area contributed by atoms with Gasteiger partial charge in [0.25, 0.3) is 9.70 Å². The van der Waals surface area contributed by atoms with Gasteiger partial charge in [0.15, 0.2) is 5.71 Å². The maximum atomic E-state index is 12.8. The van der Waals surface area contributed by atoms with Gasteiger partial charge in [-0.05, 0) is 23.8 Å². The van der Waals surface area contributed by atoms with Crippen molar-refractivity contribution in [1.82, 2.24) is 0 Å². The molecule has 0 saturated heterocycles. The van der Waals surface area contributed by atoms with Crippen LogP contribution in [0.4, 0.5) is 5.69 Å². The summed E-state index contributed by atoms with van der Waals surface area (Å²) in [7, 11) is 0. The number of halogens is 4. The number of carbonyl (C=O) groups is 2. The first-order chi connectivity index (χ1) is 12.3. The van der Waals surface area contributed by atoms with Crippen LogP contribution in [0.25, 0.3) is 0 Å². The number of hydrogen-bond acceptors (Lipinski definition) is 4. The highest BCUT2D eigenvalue weighted by Crippen LogP contribution is 2.32. The van der Waals surface area contributed by atoms with Crippen LogP contribution >= 0.6 is 46.4 Å². The Bertz CT molecular complexity index is 892. The molecular weight excluding hydrogens is 422 g/mol. The summed E-state index contributed by atoms with van der Waals surface area (Å²) < 4.78 is -2.28. The third-order valence-corrected chi connectivity index (χ3v) is 4.32. The molecule has 3 rings (SSSR count). The van der Waals surface area contributed by atoms with E-state index in [1.807, 2.05) is 12.1 Å². The van der Waals surface area contributed by atoms with Gasteiger partial charge in [-0.15, -0.1) is 0 Å². The molecule has 0 aliphatic carbocycles. The molecule has 0 saturated carbocycles. The summed E-state index contributed by atoms with van der Waals surface area (Å²) in [5, 5.41) is 4.22. The Kier molecular flexibility index (Phi) is 5.44. The Morgan fingerprint density at radius 1 is 1.08 bits per heavy atom. The zero-order valence-corrected chi connectivity index (χ0v) is 16.0. The number of oxime groups is 1. The molecule has 0 spiro atoms. The molecule has 134 valence electrons. The van der Waals surface area contributed by atoms with Crippen LogP contribution in [0.2, 0.25) is 5.02 Å². The van der Waals surface area contributed by atoms with Gasteiger partial charge in [0, 0.05) is 10.6 Å². The first-order valence-corrected chi connectivity index (χ1v) is 8.80. The molecule has 1 aliphatic rings. The molecule has 5 nitrogen and oxygen atoms in total. The van der Waals surface area contributed by atoms with Crippen molar-refractivity contribution in [2.75, 3.05) is 4.90 Å². The minimum absolute atomic E-state index is 0.0443.